The number of carbonyl (C=O) groups is 1. The van der Waals surface area contributed by atoms with E-state index in [1.165, 1.54) is 0 Å². The van der Waals surface area contributed by atoms with Crippen LogP contribution in [0.2, 0.25) is 0 Å². The van der Waals surface area contributed by atoms with Crippen LogP contribution >= 0.6 is 0 Å². The first-order valence-corrected chi connectivity index (χ1v) is 12.5. The molecule has 4 heterocycles. The molecule has 2 amide bonds. The molecule has 3 aromatic rings. The van der Waals surface area contributed by atoms with E-state index in [9.17, 15) is 4.79 Å². The molecule has 1 atom stereocenters. The lowest BCUT2D eigenvalue weighted by Crippen LogP contribution is -2.52. The minimum Gasteiger partial charge on any atom is -0.370 e. The van der Waals surface area contributed by atoms with Crippen molar-refractivity contribution in [1.82, 2.24) is 19.7 Å². The van der Waals surface area contributed by atoms with Crippen LogP contribution in [0.5, 0.6) is 0 Å². The molecule has 2 aliphatic heterocycles. The predicted molar refractivity (Wildman–Crippen MR) is 141 cm³/mol. The second-order valence-corrected chi connectivity index (χ2v) is 10.2. The van der Waals surface area contributed by atoms with Gasteiger partial charge in [-0.15, -0.1) is 10.2 Å². The fourth-order valence-corrected chi connectivity index (χ4v) is 5.07. The first-order chi connectivity index (χ1) is 17.4. The number of benzene rings is 1. The van der Waals surface area contributed by atoms with Crippen LogP contribution in [0.15, 0.2) is 48.8 Å². The number of carbonyl (C=O) groups excluding carboxylic acids is 1. The third-order valence-electron chi connectivity index (χ3n) is 7.13. The highest BCUT2D eigenvalue weighted by Crippen LogP contribution is 2.33. The van der Waals surface area contributed by atoms with Crippen molar-refractivity contribution < 1.29 is 4.79 Å². The molecule has 1 aromatic carbocycles. The number of aromatic nitrogens is 4. The summed E-state index contributed by atoms with van der Waals surface area (Å²) in [4.78, 5) is 27.7. The van der Waals surface area contributed by atoms with Crippen molar-refractivity contribution in [3.8, 4) is 11.5 Å². The van der Waals surface area contributed by atoms with E-state index >= 15 is 0 Å². The molecular formula is C27H32N8O. The Balaban J connectivity index is 1.27. The number of hydrogen-bond donors (Lipinski definition) is 0. The van der Waals surface area contributed by atoms with E-state index in [4.69, 9.17) is 11.6 Å². The van der Waals surface area contributed by atoms with E-state index in [0.29, 0.717) is 42.3 Å². The van der Waals surface area contributed by atoms with Crippen molar-refractivity contribution in [2.75, 3.05) is 40.9 Å². The monoisotopic (exact) mass is 484 g/mol. The van der Waals surface area contributed by atoms with Crippen LogP contribution in [0, 0.1) is 18.4 Å². The number of urea groups is 1. The van der Waals surface area contributed by atoms with Gasteiger partial charge in [-0.05, 0) is 50.2 Å². The van der Waals surface area contributed by atoms with Crippen molar-refractivity contribution in [2.45, 2.75) is 39.8 Å². The highest BCUT2D eigenvalue weighted by Gasteiger charge is 2.39. The zero-order valence-corrected chi connectivity index (χ0v) is 21.2. The van der Waals surface area contributed by atoms with Crippen LogP contribution in [0.25, 0.3) is 16.4 Å². The fourth-order valence-electron chi connectivity index (χ4n) is 5.07. The zero-order valence-electron chi connectivity index (χ0n) is 21.2. The highest BCUT2D eigenvalue weighted by atomic mass is 16.2. The Hall–Kier alpha value is -3.93. The number of nitrogens with zero attached hydrogens (tertiary/aromatic N) is 8. The van der Waals surface area contributed by atoms with E-state index in [-0.39, 0.29) is 18.1 Å². The molecule has 2 aliphatic rings. The van der Waals surface area contributed by atoms with Crippen LogP contribution in [0.3, 0.4) is 0 Å². The molecule has 9 heteroatoms. The quantitative estimate of drug-likeness (QED) is 0.453. The third kappa shape index (κ3) is 4.28. The predicted octanol–water partition coefficient (Wildman–Crippen LogP) is 4.75. The van der Waals surface area contributed by atoms with E-state index in [1.807, 2.05) is 34.9 Å². The minimum atomic E-state index is -0.0847. The second-order valence-electron chi connectivity index (χ2n) is 10.2. The van der Waals surface area contributed by atoms with E-state index in [2.05, 4.69) is 59.8 Å². The molecule has 9 nitrogen and oxygen atoms in total. The SMILES string of the molecule is [C-]#[N+]C(C(C)C)C1CN(c2ccc(N3CCN(c4cccc(-c5nncn5C(C)C)n4)C3=O)cc2)C1. The van der Waals surface area contributed by atoms with E-state index in [1.54, 1.807) is 16.1 Å². The summed E-state index contributed by atoms with van der Waals surface area (Å²) in [6.45, 7) is 18.8. The number of hydrogen-bond acceptors (Lipinski definition) is 5. The first kappa shape index (κ1) is 23.8. The number of anilines is 3. The summed E-state index contributed by atoms with van der Waals surface area (Å²) in [5, 5.41) is 8.27. The van der Waals surface area contributed by atoms with Gasteiger partial charge in [-0.25, -0.2) is 16.4 Å². The minimum absolute atomic E-state index is 0.0847. The van der Waals surface area contributed by atoms with Crippen molar-refractivity contribution in [2.24, 2.45) is 11.8 Å². The van der Waals surface area contributed by atoms with Gasteiger partial charge in [-0.1, -0.05) is 19.9 Å². The molecule has 36 heavy (non-hydrogen) atoms. The summed E-state index contributed by atoms with van der Waals surface area (Å²) in [5.41, 5.74) is 2.70. The molecule has 0 aliphatic carbocycles. The molecule has 0 spiro atoms. The Kier molecular flexibility index (Phi) is 6.35. The largest absolute Gasteiger partial charge is 0.370 e. The molecule has 2 fully saturated rings. The lowest BCUT2D eigenvalue weighted by atomic mass is 9.85. The summed E-state index contributed by atoms with van der Waals surface area (Å²) in [6, 6.07) is 14.0. The van der Waals surface area contributed by atoms with Crippen molar-refractivity contribution in [3.63, 3.8) is 0 Å². The van der Waals surface area contributed by atoms with Gasteiger partial charge in [0.15, 0.2) is 5.82 Å². The van der Waals surface area contributed by atoms with Gasteiger partial charge in [0.1, 0.15) is 17.8 Å². The Morgan fingerprint density at radius 3 is 2.33 bits per heavy atom. The summed E-state index contributed by atoms with van der Waals surface area (Å²) in [7, 11) is 0. The average Bonchev–Trinajstić information content (AvgIpc) is 3.48. The Morgan fingerprint density at radius 1 is 0.972 bits per heavy atom. The molecule has 2 aromatic heterocycles. The number of pyridine rings is 1. The highest BCUT2D eigenvalue weighted by molar-refractivity contribution is 6.05. The number of rotatable bonds is 7. The number of amides is 2. The van der Waals surface area contributed by atoms with Crippen molar-refractivity contribution in [1.29, 1.82) is 0 Å². The van der Waals surface area contributed by atoms with Gasteiger partial charge in [0, 0.05) is 49.5 Å². The Morgan fingerprint density at radius 2 is 1.67 bits per heavy atom. The standard InChI is InChI=1S/C27H32N8O/c1-18(2)25(28-5)20-15-32(16-20)21-9-11-22(12-10-21)33-13-14-34(27(33)36)24-8-6-7-23(30-24)26-31-29-17-35(26)19(3)4/h6-12,17-20,25H,13-16H2,1-4H3. The van der Waals surface area contributed by atoms with Crippen LogP contribution in [0.1, 0.15) is 33.7 Å². The van der Waals surface area contributed by atoms with Gasteiger partial charge in [0.2, 0.25) is 6.04 Å². The zero-order chi connectivity index (χ0) is 25.4. The third-order valence-corrected chi connectivity index (χ3v) is 7.13. The van der Waals surface area contributed by atoms with Gasteiger partial charge in [-0.3, -0.25) is 9.80 Å². The summed E-state index contributed by atoms with van der Waals surface area (Å²) < 4.78 is 1.97. The lowest BCUT2D eigenvalue weighted by Gasteiger charge is -2.42. The maximum Gasteiger partial charge on any atom is 0.330 e. The molecule has 0 bridgehead atoms. The van der Waals surface area contributed by atoms with Gasteiger partial charge in [-0.2, -0.15) is 0 Å². The normalized spacial score (nSPS) is 17.1. The van der Waals surface area contributed by atoms with Gasteiger partial charge < -0.3 is 14.3 Å². The van der Waals surface area contributed by atoms with E-state index < -0.39 is 0 Å². The molecular weight excluding hydrogens is 452 g/mol. The Labute approximate surface area is 212 Å². The van der Waals surface area contributed by atoms with Crippen molar-refractivity contribution >= 4 is 23.2 Å². The first-order valence-electron chi connectivity index (χ1n) is 12.5. The van der Waals surface area contributed by atoms with Crippen molar-refractivity contribution in [3.05, 3.63) is 60.2 Å². The summed E-state index contributed by atoms with van der Waals surface area (Å²) in [5.74, 6) is 2.11. The molecule has 0 N–H and O–H groups in total. The van der Waals surface area contributed by atoms with Gasteiger partial charge in [0.05, 0.1) is 5.92 Å². The molecule has 0 radical (unpaired) electrons. The molecule has 5 rings (SSSR count). The summed E-state index contributed by atoms with van der Waals surface area (Å²) >= 11 is 0. The average molecular weight is 485 g/mol. The van der Waals surface area contributed by atoms with E-state index in [0.717, 1.165) is 24.5 Å². The molecule has 2 saturated heterocycles. The molecule has 186 valence electrons. The topological polar surface area (TPSA) is 74.8 Å². The summed E-state index contributed by atoms with van der Waals surface area (Å²) in [6.07, 6.45) is 1.70. The van der Waals surface area contributed by atoms with Crippen LogP contribution < -0.4 is 14.7 Å². The molecule has 0 saturated carbocycles. The van der Waals surface area contributed by atoms with Crippen LogP contribution in [-0.2, 0) is 0 Å². The van der Waals surface area contributed by atoms with Crippen LogP contribution in [-0.4, -0.2) is 58.0 Å². The molecule has 1 unspecified atom stereocenters. The second kappa shape index (κ2) is 9.61. The van der Waals surface area contributed by atoms with Crippen LogP contribution in [0.4, 0.5) is 22.0 Å². The smallest absolute Gasteiger partial charge is 0.330 e. The fraction of sp³-hybridized carbons (Fsp3) is 0.444. The van der Waals surface area contributed by atoms with Gasteiger partial charge >= 0.3 is 6.03 Å². The maximum atomic E-state index is 13.3. The maximum absolute atomic E-state index is 13.3. The lowest BCUT2D eigenvalue weighted by molar-refractivity contribution is 0.255. The van der Waals surface area contributed by atoms with Gasteiger partial charge in [0.25, 0.3) is 0 Å². The Bertz CT molecular complexity index is 1270.